The summed E-state index contributed by atoms with van der Waals surface area (Å²) in [6.07, 6.45) is 1.78. The molecule has 5 rings (SSSR count). The minimum absolute atomic E-state index is 0.0330. The van der Waals surface area contributed by atoms with Gasteiger partial charge in [-0.05, 0) is 66.4 Å². The van der Waals surface area contributed by atoms with Gasteiger partial charge in [0.05, 0.1) is 22.8 Å². The van der Waals surface area contributed by atoms with Crippen molar-refractivity contribution in [2.24, 2.45) is 0 Å². The molecule has 2 N–H and O–H groups in total. The molecule has 0 aliphatic rings. The molecule has 0 amide bonds. The van der Waals surface area contributed by atoms with E-state index < -0.39 is 5.97 Å². The molecule has 5 aromatic rings. The predicted octanol–water partition coefficient (Wildman–Crippen LogP) is 6.84. The fourth-order valence-corrected chi connectivity index (χ4v) is 4.32. The Labute approximate surface area is 195 Å². The number of pyridine rings is 1. The Hall–Kier alpha value is -4.26. The lowest BCUT2D eigenvalue weighted by Gasteiger charge is -2.21. The molecule has 0 saturated heterocycles. The summed E-state index contributed by atoms with van der Waals surface area (Å²) in [4.78, 5) is 16.1. The van der Waals surface area contributed by atoms with Crippen LogP contribution in [0.2, 0.25) is 0 Å². The second kappa shape index (κ2) is 8.26. The molecule has 34 heavy (non-hydrogen) atoms. The molecule has 0 atom stereocenters. The van der Waals surface area contributed by atoms with E-state index in [1.807, 2.05) is 13.0 Å². The number of carbonyl (C=O) groups is 1. The van der Waals surface area contributed by atoms with E-state index in [9.17, 15) is 14.3 Å². The van der Waals surface area contributed by atoms with Gasteiger partial charge in [-0.15, -0.1) is 0 Å². The van der Waals surface area contributed by atoms with E-state index in [1.54, 1.807) is 30.5 Å². The van der Waals surface area contributed by atoms with Crippen molar-refractivity contribution in [3.63, 3.8) is 0 Å². The van der Waals surface area contributed by atoms with E-state index in [2.05, 4.69) is 24.0 Å². The third-order valence-corrected chi connectivity index (χ3v) is 5.96. The molecule has 170 valence electrons. The highest BCUT2D eigenvalue weighted by molar-refractivity contribution is 6.06. The van der Waals surface area contributed by atoms with Gasteiger partial charge in [0.15, 0.2) is 0 Å². The van der Waals surface area contributed by atoms with Gasteiger partial charge in [0.25, 0.3) is 0 Å². The number of ether oxygens (including phenoxy) is 1. The molecule has 0 radical (unpaired) electrons. The van der Waals surface area contributed by atoms with Crippen LogP contribution in [0, 0.1) is 12.7 Å². The van der Waals surface area contributed by atoms with Crippen molar-refractivity contribution < 1.29 is 19.0 Å². The second-order valence-electron chi connectivity index (χ2n) is 8.53. The number of halogens is 1. The first-order valence-electron chi connectivity index (χ1n) is 10.9. The summed E-state index contributed by atoms with van der Waals surface area (Å²) in [6.45, 7) is 6.09. The van der Waals surface area contributed by atoms with Crippen molar-refractivity contribution in [1.82, 2.24) is 15.2 Å². The van der Waals surface area contributed by atoms with Crippen molar-refractivity contribution in [3.05, 3.63) is 83.3 Å². The van der Waals surface area contributed by atoms with E-state index in [0.717, 1.165) is 44.1 Å². The number of H-pyrrole nitrogens is 1. The van der Waals surface area contributed by atoms with Gasteiger partial charge in [0.1, 0.15) is 11.6 Å². The van der Waals surface area contributed by atoms with Crippen molar-refractivity contribution in [2.45, 2.75) is 26.7 Å². The molecule has 0 aliphatic heterocycles. The maximum Gasteiger partial charge on any atom is 0.335 e. The zero-order chi connectivity index (χ0) is 24.0. The second-order valence-corrected chi connectivity index (χ2v) is 8.53. The molecule has 0 unspecified atom stereocenters. The van der Waals surface area contributed by atoms with Crippen LogP contribution in [0.1, 0.15) is 41.3 Å². The number of benzene rings is 3. The summed E-state index contributed by atoms with van der Waals surface area (Å²) in [5, 5.41) is 18.3. The maximum atomic E-state index is 13.8. The summed E-state index contributed by atoms with van der Waals surface area (Å²) in [5.41, 5.74) is 5.39. The Morgan fingerprint density at radius 1 is 1.09 bits per heavy atom. The average molecular weight is 455 g/mol. The Kier molecular flexibility index (Phi) is 5.24. The topological polar surface area (TPSA) is 88.1 Å². The highest BCUT2D eigenvalue weighted by Gasteiger charge is 2.23. The number of aryl methyl sites for hydroxylation is 1. The van der Waals surface area contributed by atoms with Crippen molar-refractivity contribution in [1.29, 1.82) is 0 Å². The number of rotatable bonds is 5. The average Bonchev–Trinajstić information content (AvgIpc) is 3.29. The van der Waals surface area contributed by atoms with Gasteiger partial charge in [-0.1, -0.05) is 26.0 Å². The minimum Gasteiger partial charge on any atom is -0.478 e. The van der Waals surface area contributed by atoms with Crippen LogP contribution >= 0.6 is 0 Å². The predicted molar refractivity (Wildman–Crippen MR) is 129 cm³/mol. The lowest BCUT2D eigenvalue weighted by molar-refractivity contribution is 0.0697. The number of nitrogens with zero attached hydrogens (tertiary/aromatic N) is 2. The van der Waals surface area contributed by atoms with Crippen LogP contribution in [-0.2, 0) is 0 Å². The van der Waals surface area contributed by atoms with E-state index in [1.165, 1.54) is 24.3 Å². The van der Waals surface area contributed by atoms with Crippen LogP contribution in [0.5, 0.6) is 11.6 Å². The molecule has 7 heteroatoms. The molecule has 2 aromatic heterocycles. The third-order valence-electron chi connectivity index (χ3n) is 5.96. The standard InChI is InChI=1S/C27H22FN3O3/c1-14(2)22-23(16-4-8-19(28)9-5-16)21-12-18-13-29-31-24(18)15(3)25(21)30-26(22)34-20-10-6-17(7-11-20)27(32)33/h4-14H,1-3H3,(H,29,31)(H,32,33). The van der Waals surface area contributed by atoms with Crippen LogP contribution in [0.25, 0.3) is 32.9 Å². The Morgan fingerprint density at radius 2 is 1.79 bits per heavy atom. The summed E-state index contributed by atoms with van der Waals surface area (Å²) in [5.74, 6) is -0.380. The molecular formula is C27H22FN3O3. The number of aromatic nitrogens is 3. The first kappa shape index (κ1) is 21.6. The Bertz CT molecular complexity index is 1540. The summed E-state index contributed by atoms with van der Waals surface area (Å²) < 4.78 is 20.0. The Balaban J connectivity index is 1.81. The highest BCUT2D eigenvalue weighted by atomic mass is 19.1. The normalized spacial score (nSPS) is 11.4. The quantitative estimate of drug-likeness (QED) is 0.303. The molecule has 2 heterocycles. The van der Waals surface area contributed by atoms with Crippen molar-refractivity contribution >= 4 is 27.8 Å². The number of hydrogen-bond donors (Lipinski definition) is 2. The van der Waals surface area contributed by atoms with Crippen molar-refractivity contribution in [2.75, 3.05) is 0 Å². The molecule has 0 aliphatic carbocycles. The maximum absolute atomic E-state index is 13.8. The zero-order valence-electron chi connectivity index (χ0n) is 18.9. The van der Waals surface area contributed by atoms with Crippen LogP contribution in [0.15, 0.2) is 60.8 Å². The highest BCUT2D eigenvalue weighted by Crippen LogP contribution is 2.43. The van der Waals surface area contributed by atoms with Crippen LogP contribution in [0.3, 0.4) is 0 Å². The van der Waals surface area contributed by atoms with Gasteiger partial charge < -0.3 is 9.84 Å². The fraction of sp³-hybridized carbons (Fsp3) is 0.148. The van der Waals surface area contributed by atoms with Crippen LogP contribution in [-0.4, -0.2) is 26.3 Å². The zero-order valence-corrected chi connectivity index (χ0v) is 18.9. The van der Waals surface area contributed by atoms with Gasteiger partial charge in [0, 0.05) is 21.9 Å². The molecule has 0 saturated carbocycles. The number of carboxylic acid groups (broad SMARTS) is 1. The summed E-state index contributed by atoms with van der Waals surface area (Å²) in [6, 6.07) is 14.7. The van der Waals surface area contributed by atoms with Gasteiger partial charge >= 0.3 is 5.97 Å². The monoisotopic (exact) mass is 455 g/mol. The lowest BCUT2D eigenvalue weighted by Crippen LogP contribution is -2.03. The largest absolute Gasteiger partial charge is 0.478 e. The summed E-state index contributed by atoms with van der Waals surface area (Å²) in [7, 11) is 0. The SMILES string of the molecule is Cc1c2nc(Oc3ccc(C(=O)O)cc3)c(C(C)C)c(-c3ccc(F)cc3)c2cc2cn[nH]c12. The van der Waals surface area contributed by atoms with E-state index in [4.69, 9.17) is 9.72 Å². The number of nitrogens with one attached hydrogen (secondary N) is 1. The van der Waals surface area contributed by atoms with E-state index in [0.29, 0.717) is 11.6 Å². The number of fused-ring (bicyclic) bond motifs is 2. The lowest BCUT2D eigenvalue weighted by atomic mass is 9.89. The van der Waals surface area contributed by atoms with Gasteiger partial charge in [-0.25, -0.2) is 14.2 Å². The first-order valence-corrected chi connectivity index (χ1v) is 10.9. The van der Waals surface area contributed by atoms with Crippen LogP contribution < -0.4 is 4.74 Å². The smallest absolute Gasteiger partial charge is 0.335 e. The van der Waals surface area contributed by atoms with Crippen LogP contribution in [0.4, 0.5) is 4.39 Å². The number of hydrogen-bond acceptors (Lipinski definition) is 4. The van der Waals surface area contributed by atoms with Gasteiger partial charge in [-0.2, -0.15) is 5.10 Å². The van der Waals surface area contributed by atoms with Gasteiger partial charge in [0.2, 0.25) is 5.88 Å². The fourth-order valence-electron chi connectivity index (χ4n) is 4.32. The molecule has 0 fully saturated rings. The molecule has 3 aromatic carbocycles. The van der Waals surface area contributed by atoms with Gasteiger partial charge in [-0.3, -0.25) is 5.10 Å². The number of carboxylic acids is 1. The molecular weight excluding hydrogens is 433 g/mol. The molecule has 6 nitrogen and oxygen atoms in total. The first-order chi connectivity index (χ1) is 16.3. The van der Waals surface area contributed by atoms with E-state index >= 15 is 0 Å². The minimum atomic E-state index is -1.00. The molecule has 0 bridgehead atoms. The van der Waals surface area contributed by atoms with Crippen molar-refractivity contribution in [3.8, 4) is 22.8 Å². The number of aromatic carboxylic acids is 1. The summed E-state index contributed by atoms with van der Waals surface area (Å²) >= 11 is 0. The Morgan fingerprint density at radius 3 is 2.44 bits per heavy atom. The van der Waals surface area contributed by atoms with E-state index in [-0.39, 0.29) is 17.3 Å². The number of aromatic amines is 1. The molecule has 0 spiro atoms. The third kappa shape index (κ3) is 3.65.